The summed E-state index contributed by atoms with van der Waals surface area (Å²) in [5.41, 5.74) is 7.61. The van der Waals surface area contributed by atoms with Gasteiger partial charge in [-0.25, -0.2) is 0 Å². The minimum atomic E-state index is -0.0348. The fraction of sp³-hybridized carbons (Fsp3) is 0.500. The van der Waals surface area contributed by atoms with Crippen LogP contribution in [0, 0.1) is 6.92 Å². The van der Waals surface area contributed by atoms with E-state index in [-0.39, 0.29) is 11.6 Å². The average Bonchev–Trinajstić information content (AvgIpc) is 2.10. The van der Waals surface area contributed by atoms with Crippen molar-refractivity contribution in [2.45, 2.75) is 32.7 Å². The molecule has 0 aromatic carbocycles. The summed E-state index contributed by atoms with van der Waals surface area (Å²) >= 11 is 0. The van der Waals surface area contributed by atoms with E-state index in [1.54, 1.807) is 13.1 Å². The standard InChI is InChI=1S/C10H16N2O/c1-3-4-9(11)8-5-7(2)10(13)12-6-8/h5-6,9H,3-4,11H2,1-2H3,(H,12,13). The number of pyridine rings is 1. The molecule has 0 saturated heterocycles. The van der Waals surface area contributed by atoms with Gasteiger partial charge in [0.1, 0.15) is 0 Å². The third-order valence-corrected chi connectivity index (χ3v) is 2.14. The number of rotatable bonds is 3. The molecule has 72 valence electrons. The normalized spacial score (nSPS) is 12.8. The Hall–Kier alpha value is -1.09. The number of aromatic amines is 1. The number of aryl methyl sites for hydroxylation is 1. The molecule has 0 fully saturated rings. The first-order valence-electron chi connectivity index (χ1n) is 4.60. The summed E-state index contributed by atoms with van der Waals surface area (Å²) in [6, 6.07) is 1.90. The highest BCUT2D eigenvalue weighted by molar-refractivity contribution is 5.19. The second-order valence-corrected chi connectivity index (χ2v) is 3.34. The minimum Gasteiger partial charge on any atom is -0.329 e. The highest BCUT2D eigenvalue weighted by Crippen LogP contribution is 2.13. The van der Waals surface area contributed by atoms with Crippen molar-refractivity contribution in [1.82, 2.24) is 4.98 Å². The third-order valence-electron chi connectivity index (χ3n) is 2.14. The van der Waals surface area contributed by atoms with Crippen LogP contribution in [0.5, 0.6) is 0 Å². The maximum absolute atomic E-state index is 11.1. The molecular weight excluding hydrogens is 164 g/mol. The fourth-order valence-electron chi connectivity index (χ4n) is 1.31. The van der Waals surface area contributed by atoms with Crippen molar-refractivity contribution in [3.63, 3.8) is 0 Å². The molecule has 1 atom stereocenters. The Kier molecular flexibility index (Phi) is 3.25. The van der Waals surface area contributed by atoms with Crippen LogP contribution in [0.25, 0.3) is 0 Å². The molecule has 0 aliphatic rings. The van der Waals surface area contributed by atoms with E-state index < -0.39 is 0 Å². The Morgan fingerprint density at radius 1 is 1.62 bits per heavy atom. The summed E-state index contributed by atoms with van der Waals surface area (Å²) in [4.78, 5) is 13.7. The van der Waals surface area contributed by atoms with Gasteiger partial charge in [0.05, 0.1) is 0 Å². The van der Waals surface area contributed by atoms with Gasteiger partial charge in [0.25, 0.3) is 5.56 Å². The fourth-order valence-corrected chi connectivity index (χ4v) is 1.31. The molecule has 1 unspecified atom stereocenters. The topological polar surface area (TPSA) is 58.9 Å². The van der Waals surface area contributed by atoms with Crippen molar-refractivity contribution < 1.29 is 0 Å². The molecule has 1 aromatic rings. The number of aromatic nitrogens is 1. The summed E-state index contributed by atoms with van der Waals surface area (Å²) in [6.45, 7) is 3.89. The van der Waals surface area contributed by atoms with Crippen LogP contribution in [0.15, 0.2) is 17.1 Å². The van der Waals surface area contributed by atoms with E-state index in [1.807, 2.05) is 6.07 Å². The zero-order valence-electron chi connectivity index (χ0n) is 8.13. The molecule has 0 aliphatic carbocycles. The number of hydrogen-bond donors (Lipinski definition) is 2. The Bertz CT molecular complexity index is 330. The summed E-state index contributed by atoms with van der Waals surface area (Å²) in [5, 5.41) is 0. The monoisotopic (exact) mass is 180 g/mol. The highest BCUT2D eigenvalue weighted by Gasteiger charge is 2.05. The average molecular weight is 180 g/mol. The van der Waals surface area contributed by atoms with Gasteiger partial charge in [0, 0.05) is 17.8 Å². The van der Waals surface area contributed by atoms with Crippen LogP contribution >= 0.6 is 0 Å². The van der Waals surface area contributed by atoms with Gasteiger partial charge in [0.15, 0.2) is 0 Å². The Labute approximate surface area is 78.0 Å². The van der Waals surface area contributed by atoms with Crippen molar-refractivity contribution in [2.24, 2.45) is 5.73 Å². The van der Waals surface area contributed by atoms with Crippen LogP contribution in [-0.4, -0.2) is 4.98 Å². The van der Waals surface area contributed by atoms with E-state index in [4.69, 9.17) is 5.73 Å². The molecule has 3 N–H and O–H groups in total. The van der Waals surface area contributed by atoms with Crippen LogP contribution in [0.1, 0.15) is 36.9 Å². The van der Waals surface area contributed by atoms with Gasteiger partial charge >= 0.3 is 0 Å². The molecule has 0 aliphatic heterocycles. The molecule has 0 radical (unpaired) electrons. The van der Waals surface area contributed by atoms with E-state index in [0.29, 0.717) is 0 Å². The SMILES string of the molecule is CCCC(N)c1c[nH]c(=O)c(C)c1. The number of nitrogens with two attached hydrogens (primary N) is 1. The molecule has 1 aromatic heterocycles. The van der Waals surface area contributed by atoms with Crippen molar-refractivity contribution in [3.8, 4) is 0 Å². The van der Waals surface area contributed by atoms with Crippen LogP contribution < -0.4 is 11.3 Å². The summed E-state index contributed by atoms with van der Waals surface area (Å²) in [5.74, 6) is 0. The van der Waals surface area contributed by atoms with Crippen molar-refractivity contribution in [1.29, 1.82) is 0 Å². The van der Waals surface area contributed by atoms with Gasteiger partial charge in [-0.05, 0) is 25.0 Å². The molecule has 13 heavy (non-hydrogen) atoms. The predicted molar refractivity (Wildman–Crippen MR) is 53.6 cm³/mol. The molecule has 0 bridgehead atoms. The number of nitrogens with one attached hydrogen (secondary N) is 1. The number of H-pyrrole nitrogens is 1. The first-order chi connectivity index (χ1) is 6.15. The lowest BCUT2D eigenvalue weighted by Gasteiger charge is -2.10. The quantitative estimate of drug-likeness (QED) is 0.740. The molecule has 3 nitrogen and oxygen atoms in total. The van der Waals surface area contributed by atoms with Crippen LogP contribution in [0.4, 0.5) is 0 Å². The summed E-state index contributed by atoms with van der Waals surface area (Å²) in [7, 11) is 0. The van der Waals surface area contributed by atoms with Crippen molar-refractivity contribution >= 4 is 0 Å². The van der Waals surface area contributed by atoms with E-state index >= 15 is 0 Å². The summed E-state index contributed by atoms with van der Waals surface area (Å²) in [6.07, 6.45) is 3.71. The van der Waals surface area contributed by atoms with Gasteiger partial charge in [0.2, 0.25) is 0 Å². The molecule has 3 heteroatoms. The number of hydrogen-bond acceptors (Lipinski definition) is 2. The molecule has 1 rings (SSSR count). The molecule has 1 heterocycles. The van der Waals surface area contributed by atoms with Gasteiger partial charge in [-0.3, -0.25) is 4.79 Å². The first-order valence-corrected chi connectivity index (χ1v) is 4.60. The largest absolute Gasteiger partial charge is 0.329 e. The van der Waals surface area contributed by atoms with E-state index in [9.17, 15) is 4.79 Å². The maximum Gasteiger partial charge on any atom is 0.250 e. The molecular formula is C10H16N2O. The Balaban J connectivity index is 2.90. The zero-order valence-corrected chi connectivity index (χ0v) is 8.13. The lowest BCUT2D eigenvalue weighted by molar-refractivity contribution is 0.635. The minimum absolute atomic E-state index is 0.0348. The molecule has 0 saturated carbocycles. The van der Waals surface area contributed by atoms with Gasteiger partial charge in [-0.15, -0.1) is 0 Å². The van der Waals surface area contributed by atoms with Crippen molar-refractivity contribution in [2.75, 3.05) is 0 Å². The predicted octanol–water partition coefficient (Wildman–Crippen LogP) is 1.48. The van der Waals surface area contributed by atoms with E-state index in [2.05, 4.69) is 11.9 Å². The summed E-state index contributed by atoms with van der Waals surface area (Å²) < 4.78 is 0. The zero-order chi connectivity index (χ0) is 9.84. The van der Waals surface area contributed by atoms with Crippen LogP contribution in [-0.2, 0) is 0 Å². The second-order valence-electron chi connectivity index (χ2n) is 3.34. The van der Waals surface area contributed by atoms with Crippen LogP contribution in [0.2, 0.25) is 0 Å². The van der Waals surface area contributed by atoms with Gasteiger partial charge in [-0.1, -0.05) is 13.3 Å². The lowest BCUT2D eigenvalue weighted by atomic mass is 10.0. The Morgan fingerprint density at radius 2 is 2.31 bits per heavy atom. The van der Waals surface area contributed by atoms with Gasteiger partial charge < -0.3 is 10.7 Å². The third kappa shape index (κ3) is 2.42. The van der Waals surface area contributed by atoms with E-state index in [1.165, 1.54) is 0 Å². The second kappa shape index (κ2) is 4.23. The molecule has 0 amide bonds. The van der Waals surface area contributed by atoms with Crippen molar-refractivity contribution in [3.05, 3.63) is 33.7 Å². The Morgan fingerprint density at radius 3 is 2.85 bits per heavy atom. The smallest absolute Gasteiger partial charge is 0.250 e. The van der Waals surface area contributed by atoms with Gasteiger partial charge in [-0.2, -0.15) is 0 Å². The lowest BCUT2D eigenvalue weighted by Crippen LogP contribution is -2.15. The van der Waals surface area contributed by atoms with Crippen LogP contribution in [0.3, 0.4) is 0 Å². The first kappa shape index (κ1) is 9.99. The highest BCUT2D eigenvalue weighted by atomic mass is 16.1. The molecule has 0 spiro atoms. The van der Waals surface area contributed by atoms with E-state index in [0.717, 1.165) is 24.0 Å². The maximum atomic E-state index is 11.1.